The van der Waals surface area contributed by atoms with Gasteiger partial charge in [0.25, 0.3) is 0 Å². The lowest BCUT2D eigenvalue weighted by Crippen LogP contribution is -2.46. The van der Waals surface area contributed by atoms with E-state index in [0.717, 1.165) is 0 Å². The van der Waals surface area contributed by atoms with Gasteiger partial charge in [-0.3, -0.25) is 4.79 Å². The minimum absolute atomic E-state index is 0.0966. The third-order valence-corrected chi connectivity index (χ3v) is 5.35. The highest BCUT2D eigenvalue weighted by atomic mass is 32.2. The predicted molar refractivity (Wildman–Crippen MR) is 99.0 cm³/mol. The normalized spacial score (nSPS) is 21.0. The molecule has 0 spiro atoms. The van der Waals surface area contributed by atoms with Crippen molar-refractivity contribution < 1.29 is 33.7 Å². The van der Waals surface area contributed by atoms with Gasteiger partial charge in [0.2, 0.25) is 5.91 Å². The molecule has 0 fully saturated rings. The van der Waals surface area contributed by atoms with Gasteiger partial charge in [-0.25, -0.2) is 9.59 Å². The number of fused-ring (bicyclic) bond motifs is 1. The van der Waals surface area contributed by atoms with Crippen molar-refractivity contribution in [3.8, 4) is 11.5 Å². The smallest absolute Gasteiger partial charge is 0.339 e. The molecule has 0 radical (unpaired) electrons. The molecule has 148 valence electrons. The lowest BCUT2D eigenvalue weighted by atomic mass is 10.0. The van der Waals surface area contributed by atoms with Crippen LogP contribution in [0, 0.1) is 12.8 Å². The molecule has 2 rings (SSSR count). The van der Waals surface area contributed by atoms with E-state index in [0.29, 0.717) is 16.9 Å². The Morgan fingerprint density at radius 1 is 1.37 bits per heavy atom. The van der Waals surface area contributed by atoms with Gasteiger partial charge in [-0.05, 0) is 6.92 Å². The average molecular weight is 397 g/mol. The van der Waals surface area contributed by atoms with Crippen molar-refractivity contribution in [2.24, 2.45) is 5.92 Å². The Kier molecular flexibility index (Phi) is 6.95. The molecule has 9 heteroatoms. The van der Waals surface area contributed by atoms with Crippen molar-refractivity contribution in [2.75, 3.05) is 26.6 Å². The van der Waals surface area contributed by atoms with Crippen LogP contribution in [0.1, 0.15) is 28.4 Å². The Labute approximate surface area is 161 Å². The zero-order valence-electron chi connectivity index (χ0n) is 15.7. The number of hydrogen-bond donors (Lipinski definition) is 2. The summed E-state index contributed by atoms with van der Waals surface area (Å²) < 4.78 is 15.2. The molecule has 0 saturated heterocycles. The van der Waals surface area contributed by atoms with Crippen LogP contribution in [0.25, 0.3) is 0 Å². The molecule has 1 heterocycles. The van der Waals surface area contributed by atoms with Crippen molar-refractivity contribution in [3.05, 3.63) is 22.8 Å². The van der Waals surface area contributed by atoms with Gasteiger partial charge in [0.15, 0.2) is 0 Å². The summed E-state index contributed by atoms with van der Waals surface area (Å²) in [7, 11) is 2.69. The monoisotopic (exact) mass is 397 g/mol. The topological polar surface area (TPSA) is 111 Å². The molecule has 0 aromatic heterocycles. The first-order valence-corrected chi connectivity index (χ1v) is 9.48. The van der Waals surface area contributed by atoms with Crippen LogP contribution >= 0.6 is 11.8 Å². The molecule has 2 N–H and O–H groups in total. The fourth-order valence-electron chi connectivity index (χ4n) is 2.68. The number of amides is 1. The van der Waals surface area contributed by atoms with Crippen LogP contribution in [-0.2, 0) is 24.8 Å². The number of carbonyl (C=O) groups excluding carboxylic acids is 3. The molecule has 2 atom stereocenters. The maximum atomic E-state index is 12.6. The van der Waals surface area contributed by atoms with Crippen molar-refractivity contribution in [1.82, 2.24) is 5.32 Å². The second kappa shape index (κ2) is 8.98. The third-order valence-electron chi connectivity index (χ3n) is 4.29. The number of rotatable bonds is 2. The number of esters is 2. The van der Waals surface area contributed by atoms with E-state index in [9.17, 15) is 19.5 Å². The van der Waals surface area contributed by atoms with Crippen LogP contribution in [-0.4, -0.2) is 55.6 Å². The van der Waals surface area contributed by atoms with Gasteiger partial charge in [-0.2, -0.15) is 11.8 Å². The first-order valence-electron chi connectivity index (χ1n) is 8.32. The second-order valence-electron chi connectivity index (χ2n) is 6.18. The molecule has 1 aliphatic heterocycles. The van der Waals surface area contributed by atoms with Gasteiger partial charge in [-0.15, -0.1) is 0 Å². The number of aromatic hydroxyl groups is 1. The van der Waals surface area contributed by atoms with Gasteiger partial charge in [0.1, 0.15) is 24.1 Å². The number of ether oxygens (including phenoxy) is 3. The molecule has 1 amide bonds. The van der Waals surface area contributed by atoms with Gasteiger partial charge in [0.05, 0.1) is 25.7 Å². The summed E-state index contributed by atoms with van der Waals surface area (Å²) in [6, 6.07) is 0.603. The molecule has 8 nitrogen and oxygen atoms in total. The first kappa shape index (κ1) is 20.9. The lowest BCUT2D eigenvalue weighted by molar-refractivity contribution is -0.145. The Hall–Kier alpha value is -2.42. The summed E-state index contributed by atoms with van der Waals surface area (Å²) in [4.78, 5) is 36.8. The van der Waals surface area contributed by atoms with Gasteiger partial charge < -0.3 is 24.6 Å². The molecule has 27 heavy (non-hydrogen) atoms. The molecule has 1 aliphatic rings. The van der Waals surface area contributed by atoms with Crippen molar-refractivity contribution in [1.29, 1.82) is 0 Å². The fraction of sp³-hybridized carbons (Fsp3) is 0.500. The number of phenolic OH excluding ortho intramolecular Hbond substituents is 1. The maximum absolute atomic E-state index is 12.6. The Morgan fingerprint density at radius 3 is 2.70 bits per heavy atom. The van der Waals surface area contributed by atoms with Crippen LogP contribution in [0.2, 0.25) is 0 Å². The fourth-order valence-corrected chi connectivity index (χ4v) is 3.75. The van der Waals surface area contributed by atoms with Crippen LogP contribution < -0.4 is 10.1 Å². The van der Waals surface area contributed by atoms with Gasteiger partial charge in [-0.1, -0.05) is 6.92 Å². The van der Waals surface area contributed by atoms with Crippen LogP contribution in [0.5, 0.6) is 11.5 Å². The summed E-state index contributed by atoms with van der Waals surface area (Å²) in [5, 5.41) is 13.0. The zero-order chi connectivity index (χ0) is 20.1. The summed E-state index contributed by atoms with van der Waals surface area (Å²) in [5.74, 6) is -1.54. The van der Waals surface area contributed by atoms with E-state index in [1.165, 1.54) is 32.0 Å². The van der Waals surface area contributed by atoms with Crippen molar-refractivity contribution >= 4 is 29.6 Å². The number of thioether (sulfide) groups is 1. The average Bonchev–Trinajstić information content (AvgIpc) is 2.65. The van der Waals surface area contributed by atoms with E-state index in [2.05, 4.69) is 5.32 Å². The molecule has 1 aromatic rings. The standard InChI is InChI=1S/C18H23NO7S/c1-9-6-26-18(23)15-10(2)14(24-3)5-13(20)11(15)7-27-8-12(17(22)25-4)19-16(9)21/h5,9,12,20H,6-8H2,1-4H3,(H,19,21)/t9-,12-/m0/s1. The molecular weight excluding hydrogens is 374 g/mol. The summed E-state index contributed by atoms with van der Waals surface area (Å²) in [6.45, 7) is 3.12. The number of phenols is 1. The highest BCUT2D eigenvalue weighted by molar-refractivity contribution is 7.98. The third kappa shape index (κ3) is 4.65. The number of cyclic esters (lactones) is 1. The first-order chi connectivity index (χ1) is 12.8. The van der Waals surface area contributed by atoms with Crippen LogP contribution in [0.4, 0.5) is 0 Å². The van der Waals surface area contributed by atoms with Crippen molar-refractivity contribution in [2.45, 2.75) is 25.6 Å². The number of carbonyl (C=O) groups is 3. The van der Waals surface area contributed by atoms with E-state index in [4.69, 9.17) is 14.2 Å². The van der Waals surface area contributed by atoms with Gasteiger partial charge in [0, 0.05) is 28.7 Å². The van der Waals surface area contributed by atoms with E-state index < -0.39 is 29.8 Å². The van der Waals surface area contributed by atoms with Crippen LogP contribution in [0.15, 0.2) is 6.07 Å². The number of nitrogens with one attached hydrogen (secondary N) is 1. The Bertz CT molecular complexity index is 750. The van der Waals surface area contributed by atoms with E-state index >= 15 is 0 Å². The number of benzene rings is 1. The molecule has 0 saturated carbocycles. The molecule has 1 aromatic carbocycles. The predicted octanol–water partition coefficient (Wildman–Crippen LogP) is 1.41. The van der Waals surface area contributed by atoms with E-state index in [-0.39, 0.29) is 29.4 Å². The zero-order valence-corrected chi connectivity index (χ0v) is 16.5. The lowest BCUT2D eigenvalue weighted by Gasteiger charge is -2.22. The summed E-state index contributed by atoms with van der Waals surface area (Å²) in [5.41, 5.74) is 1.14. The molecule has 0 aliphatic carbocycles. The quantitative estimate of drug-likeness (QED) is 0.721. The number of hydrogen-bond acceptors (Lipinski definition) is 8. The summed E-state index contributed by atoms with van der Waals surface area (Å²) in [6.07, 6.45) is 0. The number of methoxy groups -OCH3 is 2. The summed E-state index contributed by atoms with van der Waals surface area (Å²) >= 11 is 1.28. The highest BCUT2D eigenvalue weighted by Gasteiger charge is 2.28. The molecule has 0 bridgehead atoms. The van der Waals surface area contributed by atoms with E-state index in [1.54, 1.807) is 13.8 Å². The minimum atomic E-state index is -0.838. The second-order valence-corrected chi connectivity index (χ2v) is 7.21. The largest absolute Gasteiger partial charge is 0.507 e. The van der Waals surface area contributed by atoms with Gasteiger partial charge >= 0.3 is 11.9 Å². The van der Waals surface area contributed by atoms with E-state index in [1.807, 2.05) is 0 Å². The maximum Gasteiger partial charge on any atom is 0.339 e. The molecule has 0 unspecified atom stereocenters. The Morgan fingerprint density at radius 2 is 2.07 bits per heavy atom. The highest BCUT2D eigenvalue weighted by Crippen LogP contribution is 2.35. The van der Waals surface area contributed by atoms with Crippen LogP contribution in [0.3, 0.4) is 0 Å². The molecular formula is C18H23NO7S. The van der Waals surface area contributed by atoms with Crippen molar-refractivity contribution in [3.63, 3.8) is 0 Å². The minimum Gasteiger partial charge on any atom is -0.507 e. The SMILES string of the molecule is COC(=O)[C@@H]1CSCc2c(O)cc(OC)c(C)c2C(=O)OC[C@H](C)C(=O)N1. The Balaban J connectivity index is 2.44.